The lowest BCUT2D eigenvalue weighted by atomic mass is 10.1. The Hall–Kier alpha value is -2.38. The second kappa shape index (κ2) is 5.94. The largest absolute Gasteiger partial charge is 0.471 e. The highest BCUT2D eigenvalue weighted by Crippen LogP contribution is 2.17. The number of ether oxygens (including phenoxy) is 1. The first kappa shape index (κ1) is 13.6. The first-order chi connectivity index (χ1) is 10.2. The zero-order chi connectivity index (χ0) is 14.7. The number of imide groups is 1. The molecule has 0 aliphatic carbocycles. The van der Waals surface area contributed by atoms with E-state index in [2.05, 4.69) is 15.3 Å². The van der Waals surface area contributed by atoms with E-state index in [1.54, 1.807) is 23.5 Å². The summed E-state index contributed by atoms with van der Waals surface area (Å²) in [4.78, 5) is 34.8. The molecule has 8 heteroatoms. The monoisotopic (exact) mass is 291 g/mol. The summed E-state index contributed by atoms with van der Waals surface area (Å²) in [7, 11) is 0. The van der Waals surface area contributed by atoms with Crippen LogP contribution in [0.3, 0.4) is 0 Å². The number of rotatable bonds is 2. The number of piperidine rings is 1. The van der Waals surface area contributed by atoms with Crippen molar-refractivity contribution in [3.05, 3.63) is 18.6 Å². The van der Waals surface area contributed by atoms with E-state index in [1.165, 1.54) is 4.90 Å². The van der Waals surface area contributed by atoms with Crippen LogP contribution in [0.1, 0.15) is 12.8 Å². The van der Waals surface area contributed by atoms with Gasteiger partial charge in [0, 0.05) is 32.0 Å². The number of hydrogen-bond acceptors (Lipinski definition) is 5. The van der Waals surface area contributed by atoms with E-state index in [0.29, 0.717) is 32.1 Å². The Kier molecular flexibility index (Phi) is 3.85. The van der Waals surface area contributed by atoms with Crippen molar-refractivity contribution in [2.24, 2.45) is 0 Å². The van der Waals surface area contributed by atoms with Crippen molar-refractivity contribution in [3.8, 4) is 5.88 Å². The number of nitrogens with one attached hydrogen (secondary N) is 1. The molecule has 2 saturated heterocycles. The molecule has 3 rings (SSSR count). The first-order valence-corrected chi connectivity index (χ1v) is 7.01. The molecule has 8 nitrogen and oxygen atoms in total. The third kappa shape index (κ3) is 3.04. The molecule has 0 saturated carbocycles. The van der Waals surface area contributed by atoms with E-state index in [4.69, 9.17) is 4.74 Å². The lowest BCUT2D eigenvalue weighted by Crippen LogP contribution is -2.50. The van der Waals surface area contributed by atoms with E-state index >= 15 is 0 Å². The smallest absolute Gasteiger partial charge is 0.328 e. The van der Waals surface area contributed by atoms with Crippen LogP contribution in [0, 0.1) is 0 Å². The predicted octanol–water partition coefficient (Wildman–Crippen LogP) is 0.465. The molecule has 0 spiro atoms. The van der Waals surface area contributed by atoms with Gasteiger partial charge in [-0.2, -0.15) is 0 Å². The number of aromatic nitrogens is 2. The van der Waals surface area contributed by atoms with Crippen molar-refractivity contribution in [2.75, 3.05) is 26.2 Å². The quantitative estimate of drug-likeness (QED) is 0.855. The fraction of sp³-hybridized carbons (Fsp3) is 0.538. The molecular weight excluding hydrogens is 274 g/mol. The lowest BCUT2D eigenvalue weighted by Gasteiger charge is -2.34. The Bertz CT molecular complexity index is 524. The maximum atomic E-state index is 12.3. The van der Waals surface area contributed by atoms with E-state index < -0.39 is 0 Å². The number of hydrogen-bond donors (Lipinski definition) is 1. The molecule has 1 atom stereocenters. The van der Waals surface area contributed by atoms with Gasteiger partial charge >= 0.3 is 12.1 Å². The Morgan fingerprint density at radius 1 is 1.38 bits per heavy atom. The predicted molar refractivity (Wildman–Crippen MR) is 72.8 cm³/mol. The van der Waals surface area contributed by atoms with Crippen LogP contribution in [0.5, 0.6) is 5.88 Å². The Morgan fingerprint density at radius 3 is 3.00 bits per heavy atom. The van der Waals surface area contributed by atoms with E-state index in [-0.39, 0.29) is 18.2 Å². The first-order valence-electron chi connectivity index (χ1n) is 7.01. The van der Waals surface area contributed by atoms with Crippen molar-refractivity contribution in [3.63, 3.8) is 0 Å². The zero-order valence-electron chi connectivity index (χ0n) is 11.6. The minimum Gasteiger partial charge on any atom is -0.471 e. The molecule has 2 aliphatic heterocycles. The minimum absolute atomic E-state index is 0.120. The summed E-state index contributed by atoms with van der Waals surface area (Å²) in [5.74, 6) is 0.454. The van der Waals surface area contributed by atoms with Gasteiger partial charge in [-0.15, -0.1) is 0 Å². The van der Waals surface area contributed by atoms with Gasteiger partial charge in [0.15, 0.2) is 0 Å². The second-order valence-corrected chi connectivity index (χ2v) is 5.04. The van der Waals surface area contributed by atoms with Gasteiger partial charge in [-0.25, -0.2) is 19.5 Å². The van der Waals surface area contributed by atoms with Crippen molar-refractivity contribution in [2.45, 2.75) is 18.9 Å². The second-order valence-electron chi connectivity index (χ2n) is 5.04. The van der Waals surface area contributed by atoms with Gasteiger partial charge in [-0.05, 0) is 12.8 Å². The molecule has 1 aromatic heterocycles. The molecule has 2 fully saturated rings. The molecule has 1 unspecified atom stereocenters. The lowest BCUT2D eigenvalue weighted by molar-refractivity contribution is 0.0879. The standard InChI is InChI=1S/C13H17N5O3/c19-12-16-5-7-18(12)13(20)17-6-1-2-10(9-17)21-11-8-14-3-4-15-11/h3-4,8,10H,1-2,5-7,9H2,(H,16,19). The molecule has 1 aromatic rings. The molecule has 0 aromatic carbocycles. The Morgan fingerprint density at radius 2 is 2.29 bits per heavy atom. The number of carbonyl (C=O) groups is 2. The molecule has 2 aliphatic rings. The van der Waals surface area contributed by atoms with Gasteiger partial charge in [0.25, 0.3) is 0 Å². The minimum atomic E-state index is -0.322. The van der Waals surface area contributed by atoms with Crippen LogP contribution in [0.15, 0.2) is 18.6 Å². The van der Waals surface area contributed by atoms with Gasteiger partial charge in [0.1, 0.15) is 6.10 Å². The molecule has 3 heterocycles. The van der Waals surface area contributed by atoms with Gasteiger partial charge < -0.3 is 15.0 Å². The van der Waals surface area contributed by atoms with Gasteiger partial charge in [0.2, 0.25) is 5.88 Å². The molecule has 0 bridgehead atoms. The maximum absolute atomic E-state index is 12.3. The summed E-state index contributed by atoms with van der Waals surface area (Å²) in [5, 5.41) is 2.63. The van der Waals surface area contributed by atoms with Crippen molar-refractivity contribution in [1.29, 1.82) is 0 Å². The molecule has 1 N–H and O–H groups in total. The van der Waals surface area contributed by atoms with Crippen molar-refractivity contribution in [1.82, 2.24) is 25.1 Å². The topological polar surface area (TPSA) is 87.7 Å². The van der Waals surface area contributed by atoms with Crippen molar-refractivity contribution < 1.29 is 14.3 Å². The highest BCUT2D eigenvalue weighted by atomic mass is 16.5. The van der Waals surface area contributed by atoms with E-state index in [1.807, 2.05) is 0 Å². The van der Waals surface area contributed by atoms with E-state index in [0.717, 1.165) is 12.8 Å². The third-order valence-electron chi connectivity index (χ3n) is 3.56. The summed E-state index contributed by atoms with van der Waals surface area (Å²) < 4.78 is 5.74. The average molecular weight is 291 g/mol. The third-order valence-corrected chi connectivity index (χ3v) is 3.56. The SMILES string of the molecule is O=C1NCCN1C(=O)N1CCCC(Oc2cnccn2)C1. The van der Waals surface area contributed by atoms with Gasteiger partial charge in [-0.3, -0.25) is 4.98 Å². The summed E-state index contributed by atoms with van der Waals surface area (Å²) in [6, 6.07) is -0.575. The normalized spacial score (nSPS) is 22.1. The number of amides is 4. The van der Waals surface area contributed by atoms with Crippen LogP contribution in [0.2, 0.25) is 0 Å². The number of nitrogens with zero attached hydrogens (tertiary/aromatic N) is 4. The Balaban J connectivity index is 1.60. The number of urea groups is 2. The summed E-state index contributed by atoms with van der Waals surface area (Å²) in [5.41, 5.74) is 0. The van der Waals surface area contributed by atoms with Crippen molar-refractivity contribution >= 4 is 12.1 Å². The average Bonchev–Trinajstić information content (AvgIpc) is 2.94. The number of carbonyl (C=O) groups excluding carboxylic acids is 2. The Labute approximate surface area is 122 Å². The summed E-state index contributed by atoms with van der Waals surface area (Å²) in [6.45, 7) is 2.03. The maximum Gasteiger partial charge on any atom is 0.328 e. The fourth-order valence-electron chi connectivity index (χ4n) is 2.55. The highest BCUT2D eigenvalue weighted by molar-refractivity contribution is 5.95. The van der Waals surface area contributed by atoms with Gasteiger partial charge in [0.05, 0.1) is 12.7 Å². The summed E-state index contributed by atoms with van der Waals surface area (Å²) >= 11 is 0. The zero-order valence-corrected chi connectivity index (χ0v) is 11.6. The van der Waals surface area contributed by atoms with Crippen LogP contribution < -0.4 is 10.1 Å². The fourth-order valence-corrected chi connectivity index (χ4v) is 2.55. The molecule has 0 radical (unpaired) electrons. The van der Waals surface area contributed by atoms with Crippen LogP contribution in [0.25, 0.3) is 0 Å². The highest BCUT2D eigenvalue weighted by Gasteiger charge is 2.33. The molecular formula is C13H17N5O3. The van der Waals surface area contributed by atoms with Gasteiger partial charge in [-0.1, -0.05) is 0 Å². The van der Waals surface area contributed by atoms with Crippen LogP contribution in [-0.2, 0) is 0 Å². The summed E-state index contributed by atoms with van der Waals surface area (Å²) in [6.07, 6.45) is 6.27. The van der Waals surface area contributed by atoms with Crippen LogP contribution in [-0.4, -0.2) is 64.1 Å². The van der Waals surface area contributed by atoms with Crippen LogP contribution >= 0.6 is 0 Å². The van der Waals surface area contributed by atoms with Crippen LogP contribution in [0.4, 0.5) is 9.59 Å². The molecule has 4 amide bonds. The number of likely N-dealkylation sites (tertiary alicyclic amines) is 1. The van der Waals surface area contributed by atoms with E-state index in [9.17, 15) is 9.59 Å². The molecule has 21 heavy (non-hydrogen) atoms. The molecule has 112 valence electrons.